The van der Waals surface area contributed by atoms with Gasteiger partial charge >= 0.3 is 0 Å². The van der Waals surface area contributed by atoms with Crippen molar-refractivity contribution < 1.29 is 8.42 Å². The summed E-state index contributed by atoms with van der Waals surface area (Å²) in [5, 5.41) is 3.02. The molecule has 0 saturated carbocycles. The molecule has 118 valence electrons. The van der Waals surface area contributed by atoms with Gasteiger partial charge in [0.2, 0.25) is 10.0 Å². The maximum Gasteiger partial charge on any atom is 0.240 e. The first-order valence-corrected chi connectivity index (χ1v) is 8.91. The fourth-order valence-electron chi connectivity index (χ4n) is 2.55. The van der Waals surface area contributed by atoms with Gasteiger partial charge in [0.25, 0.3) is 0 Å². The van der Waals surface area contributed by atoms with Crippen LogP contribution in [0.1, 0.15) is 26.2 Å². The molecule has 6 nitrogen and oxygen atoms in total. The molecule has 1 aliphatic heterocycles. The van der Waals surface area contributed by atoms with Gasteiger partial charge in [-0.3, -0.25) is 0 Å². The Kier molecular flexibility index (Phi) is 5.55. The van der Waals surface area contributed by atoms with Crippen LogP contribution in [0.2, 0.25) is 0 Å². The Labute approximate surface area is 127 Å². The Hall–Kier alpha value is -1.18. The van der Waals surface area contributed by atoms with Crippen LogP contribution in [0.4, 0.5) is 5.82 Å². The molecule has 0 amide bonds. The quantitative estimate of drug-likeness (QED) is 0.827. The zero-order chi connectivity index (χ0) is 15.3. The number of anilines is 1. The monoisotopic (exact) mass is 312 g/mol. The van der Waals surface area contributed by atoms with Gasteiger partial charge in [-0.1, -0.05) is 6.42 Å². The largest absolute Gasteiger partial charge is 0.370 e. The molecule has 1 aromatic heterocycles. The van der Waals surface area contributed by atoms with Gasteiger partial charge < -0.3 is 10.2 Å². The lowest BCUT2D eigenvalue weighted by Crippen LogP contribution is -2.44. The van der Waals surface area contributed by atoms with Crippen LogP contribution in [0.5, 0.6) is 0 Å². The van der Waals surface area contributed by atoms with E-state index in [1.165, 1.54) is 18.7 Å². The van der Waals surface area contributed by atoms with Crippen LogP contribution in [0.3, 0.4) is 0 Å². The molecule has 0 aliphatic carbocycles. The second kappa shape index (κ2) is 7.20. The Morgan fingerprint density at radius 3 is 2.95 bits per heavy atom. The lowest BCUT2D eigenvalue weighted by atomic mass is 10.0. The predicted molar refractivity (Wildman–Crippen MR) is 83.9 cm³/mol. The lowest BCUT2D eigenvalue weighted by Gasteiger charge is -2.32. The summed E-state index contributed by atoms with van der Waals surface area (Å²) in [7, 11) is -1.43. The number of hydrogen-bond acceptors (Lipinski definition) is 5. The van der Waals surface area contributed by atoms with Gasteiger partial charge in [-0.05, 0) is 39.4 Å². The number of aromatic nitrogens is 1. The van der Waals surface area contributed by atoms with Gasteiger partial charge in [0.1, 0.15) is 5.82 Å². The van der Waals surface area contributed by atoms with E-state index in [0.717, 1.165) is 19.4 Å². The SMILES string of the molecule is CCNc1cc(S(=O)(=O)NCC2CCCCN2C)ccn1. The number of sulfonamides is 1. The topological polar surface area (TPSA) is 74.3 Å². The number of pyridine rings is 1. The Balaban J connectivity index is 2.02. The van der Waals surface area contributed by atoms with Crippen LogP contribution < -0.4 is 10.0 Å². The molecule has 2 heterocycles. The fraction of sp³-hybridized carbons (Fsp3) is 0.643. The van der Waals surface area contributed by atoms with Crippen molar-refractivity contribution in [2.45, 2.75) is 37.1 Å². The highest BCUT2D eigenvalue weighted by Gasteiger charge is 2.22. The van der Waals surface area contributed by atoms with Gasteiger partial charge in [-0.25, -0.2) is 18.1 Å². The first-order chi connectivity index (χ1) is 10.0. The zero-order valence-corrected chi connectivity index (χ0v) is 13.5. The Morgan fingerprint density at radius 1 is 1.43 bits per heavy atom. The normalized spacial score (nSPS) is 20.4. The molecule has 0 aromatic carbocycles. The van der Waals surface area contributed by atoms with Crippen molar-refractivity contribution in [1.29, 1.82) is 0 Å². The van der Waals surface area contributed by atoms with Gasteiger partial charge in [0.05, 0.1) is 4.90 Å². The second-order valence-corrected chi connectivity index (χ2v) is 7.16. The molecule has 1 aliphatic rings. The fourth-order valence-corrected chi connectivity index (χ4v) is 3.63. The summed E-state index contributed by atoms with van der Waals surface area (Å²) in [5.41, 5.74) is 0. The van der Waals surface area contributed by atoms with E-state index < -0.39 is 10.0 Å². The predicted octanol–water partition coefficient (Wildman–Crippen LogP) is 1.28. The molecule has 1 atom stereocenters. The molecular weight excluding hydrogens is 288 g/mol. The molecule has 7 heteroatoms. The highest BCUT2D eigenvalue weighted by molar-refractivity contribution is 7.89. The third-order valence-corrected chi connectivity index (χ3v) is 5.25. The van der Waals surface area contributed by atoms with Crippen molar-refractivity contribution in [2.75, 3.05) is 32.0 Å². The Bertz CT molecular complexity index is 562. The van der Waals surface area contributed by atoms with E-state index in [9.17, 15) is 8.42 Å². The standard InChI is InChI=1S/C14H24N4O2S/c1-3-15-14-10-13(7-8-16-14)21(19,20)17-11-12-6-4-5-9-18(12)2/h7-8,10,12,17H,3-6,9,11H2,1-2H3,(H,15,16). The Morgan fingerprint density at radius 2 is 2.24 bits per heavy atom. The third-order valence-electron chi connectivity index (χ3n) is 3.83. The molecule has 0 radical (unpaired) electrons. The molecule has 0 spiro atoms. The smallest absolute Gasteiger partial charge is 0.240 e. The van der Waals surface area contributed by atoms with E-state index in [-0.39, 0.29) is 10.9 Å². The van der Waals surface area contributed by atoms with Crippen LogP contribution >= 0.6 is 0 Å². The summed E-state index contributed by atoms with van der Waals surface area (Å²) in [6, 6.07) is 3.37. The van der Waals surface area contributed by atoms with Crippen molar-refractivity contribution in [1.82, 2.24) is 14.6 Å². The zero-order valence-electron chi connectivity index (χ0n) is 12.7. The van der Waals surface area contributed by atoms with Gasteiger partial charge in [0, 0.05) is 31.4 Å². The van der Waals surface area contributed by atoms with E-state index in [2.05, 4.69) is 19.9 Å². The summed E-state index contributed by atoms with van der Waals surface area (Å²) in [6.45, 7) is 4.14. The molecule has 1 unspecified atom stereocenters. The van der Waals surface area contributed by atoms with Crippen LogP contribution in [0, 0.1) is 0 Å². The van der Waals surface area contributed by atoms with Crippen molar-refractivity contribution in [3.63, 3.8) is 0 Å². The van der Waals surface area contributed by atoms with E-state index in [1.54, 1.807) is 6.07 Å². The minimum absolute atomic E-state index is 0.256. The average molecular weight is 312 g/mol. The number of nitrogens with zero attached hydrogens (tertiary/aromatic N) is 2. The number of hydrogen-bond donors (Lipinski definition) is 2. The summed E-state index contributed by atoms with van der Waals surface area (Å²) in [5.74, 6) is 0.579. The highest BCUT2D eigenvalue weighted by Crippen LogP contribution is 2.16. The van der Waals surface area contributed by atoms with Crippen molar-refractivity contribution in [3.05, 3.63) is 18.3 Å². The number of nitrogens with one attached hydrogen (secondary N) is 2. The van der Waals surface area contributed by atoms with E-state index in [1.807, 2.05) is 14.0 Å². The summed E-state index contributed by atoms with van der Waals surface area (Å²) >= 11 is 0. The third kappa shape index (κ3) is 4.39. The van der Waals surface area contributed by atoms with Crippen LogP contribution in [-0.4, -0.2) is 51.0 Å². The van der Waals surface area contributed by atoms with Crippen LogP contribution in [-0.2, 0) is 10.0 Å². The maximum atomic E-state index is 12.4. The number of rotatable bonds is 6. The summed E-state index contributed by atoms with van der Waals surface area (Å²) in [6.07, 6.45) is 4.91. The number of piperidine rings is 1. The lowest BCUT2D eigenvalue weighted by molar-refractivity contribution is 0.187. The number of likely N-dealkylation sites (N-methyl/N-ethyl adjacent to an activating group) is 1. The molecule has 1 saturated heterocycles. The average Bonchev–Trinajstić information content (AvgIpc) is 2.47. The van der Waals surface area contributed by atoms with Gasteiger partial charge in [-0.2, -0.15) is 0 Å². The minimum Gasteiger partial charge on any atom is -0.370 e. The highest BCUT2D eigenvalue weighted by atomic mass is 32.2. The van der Waals surface area contributed by atoms with Gasteiger partial charge in [0.15, 0.2) is 0 Å². The molecule has 0 bridgehead atoms. The molecule has 2 N–H and O–H groups in total. The molecule has 2 rings (SSSR count). The van der Waals surface area contributed by atoms with E-state index in [4.69, 9.17) is 0 Å². The first kappa shape index (κ1) is 16.2. The van der Waals surface area contributed by atoms with Crippen molar-refractivity contribution in [3.8, 4) is 0 Å². The second-order valence-electron chi connectivity index (χ2n) is 5.39. The van der Waals surface area contributed by atoms with E-state index in [0.29, 0.717) is 18.9 Å². The molecule has 21 heavy (non-hydrogen) atoms. The minimum atomic E-state index is -3.48. The maximum absolute atomic E-state index is 12.4. The molecule has 1 fully saturated rings. The summed E-state index contributed by atoms with van der Waals surface area (Å²) in [4.78, 5) is 6.57. The first-order valence-electron chi connectivity index (χ1n) is 7.43. The molecular formula is C14H24N4O2S. The van der Waals surface area contributed by atoms with Crippen LogP contribution in [0.15, 0.2) is 23.2 Å². The van der Waals surface area contributed by atoms with Crippen molar-refractivity contribution in [2.24, 2.45) is 0 Å². The van der Waals surface area contributed by atoms with Crippen molar-refractivity contribution >= 4 is 15.8 Å². The van der Waals surface area contributed by atoms with Gasteiger partial charge in [-0.15, -0.1) is 0 Å². The van der Waals surface area contributed by atoms with Crippen LogP contribution in [0.25, 0.3) is 0 Å². The molecule has 1 aromatic rings. The number of likely N-dealkylation sites (tertiary alicyclic amines) is 1. The summed E-state index contributed by atoms with van der Waals surface area (Å²) < 4.78 is 27.4. The van der Waals surface area contributed by atoms with E-state index >= 15 is 0 Å².